The van der Waals surface area contributed by atoms with Crippen LogP contribution in [0.2, 0.25) is 0 Å². The summed E-state index contributed by atoms with van der Waals surface area (Å²) in [4.78, 5) is 13.1. The molecule has 0 saturated carbocycles. The van der Waals surface area contributed by atoms with Gasteiger partial charge in [0.25, 0.3) is 0 Å². The fourth-order valence-corrected chi connectivity index (χ4v) is 4.32. The lowest BCUT2D eigenvalue weighted by atomic mass is 9.98. The Morgan fingerprint density at radius 2 is 1.92 bits per heavy atom. The Balaban J connectivity index is 1.73. The standard InChI is InChI=1S/C28H32O8/c1-6-7-20-24(33-14-18-15-34-28(3,4)36-18)12-25-26(27(20)31)22(30)11-23(35-25)17-8-9-19(21(29)10-17)16(2)13-32-5/h8-12,15-16,29,31H,6-7,13-14H2,1-5H3. The summed E-state index contributed by atoms with van der Waals surface area (Å²) >= 11 is 0. The van der Waals surface area contributed by atoms with E-state index < -0.39 is 5.79 Å². The molecule has 8 heteroatoms. The molecule has 1 aliphatic rings. The van der Waals surface area contributed by atoms with Gasteiger partial charge in [-0.1, -0.05) is 32.4 Å². The summed E-state index contributed by atoms with van der Waals surface area (Å²) in [6.45, 7) is 8.06. The average Bonchev–Trinajstić information content (AvgIpc) is 3.17. The van der Waals surface area contributed by atoms with Crippen molar-refractivity contribution in [3.63, 3.8) is 0 Å². The Bertz CT molecular complexity index is 1350. The molecule has 192 valence electrons. The van der Waals surface area contributed by atoms with E-state index in [2.05, 4.69) is 0 Å². The minimum Gasteiger partial charge on any atom is -0.508 e. The quantitative estimate of drug-likeness (QED) is 0.396. The third kappa shape index (κ3) is 5.14. The van der Waals surface area contributed by atoms with Crippen LogP contribution in [0.5, 0.6) is 17.2 Å². The van der Waals surface area contributed by atoms with Gasteiger partial charge in [0.1, 0.15) is 46.8 Å². The maximum atomic E-state index is 13.1. The maximum Gasteiger partial charge on any atom is 0.244 e. The number of aromatic hydroxyl groups is 2. The molecule has 2 heterocycles. The predicted molar refractivity (Wildman–Crippen MR) is 135 cm³/mol. The van der Waals surface area contributed by atoms with E-state index in [0.29, 0.717) is 35.7 Å². The predicted octanol–water partition coefficient (Wildman–Crippen LogP) is 5.58. The van der Waals surface area contributed by atoms with Crippen molar-refractivity contribution in [1.82, 2.24) is 0 Å². The number of ether oxygens (including phenoxy) is 4. The molecule has 8 nitrogen and oxygen atoms in total. The van der Waals surface area contributed by atoms with E-state index >= 15 is 0 Å². The summed E-state index contributed by atoms with van der Waals surface area (Å²) in [6, 6.07) is 8.05. The first kappa shape index (κ1) is 25.4. The van der Waals surface area contributed by atoms with E-state index in [1.165, 1.54) is 12.3 Å². The summed E-state index contributed by atoms with van der Waals surface area (Å²) < 4.78 is 28.3. The highest BCUT2D eigenvalue weighted by Gasteiger charge is 2.28. The average molecular weight is 497 g/mol. The Labute approximate surface area is 209 Å². The van der Waals surface area contributed by atoms with Crippen LogP contribution in [0.1, 0.15) is 51.2 Å². The van der Waals surface area contributed by atoms with Crippen LogP contribution in [-0.2, 0) is 20.6 Å². The second kappa shape index (κ2) is 10.1. The van der Waals surface area contributed by atoms with Gasteiger partial charge in [-0.25, -0.2) is 0 Å². The molecule has 3 aromatic rings. The van der Waals surface area contributed by atoms with Gasteiger partial charge in [0.15, 0.2) is 11.2 Å². The number of phenols is 2. The van der Waals surface area contributed by atoms with Crippen LogP contribution in [0.3, 0.4) is 0 Å². The molecule has 1 atom stereocenters. The van der Waals surface area contributed by atoms with Crippen molar-refractivity contribution in [2.75, 3.05) is 20.3 Å². The van der Waals surface area contributed by atoms with Gasteiger partial charge in [0.2, 0.25) is 5.79 Å². The van der Waals surface area contributed by atoms with E-state index in [1.54, 1.807) is 45.2 Å². The molecular formula is C28H32O8. The minimum atomic E-state index is -0.763. The van der Waals surface area contributed by atoms with E-state index in [9.17, 15) is 15.0 Å². The molecule has 0 amide bonds. The van der Waals surface area contributed by atoms with Crippen LogP contribution in [0.4, 0.5) is 0 Å². The molecule has 1 aliphatic heterocycles. The largest absolute Gasteiger partial charge is 0.508 e. The van der Waals surface area contributed by atoms with Crippen molar-refractivity contribution < 1.29 is 33.6 Å². The number of methoxy groups -OCH3 is 1. The van der Waals surface area contributed by atoms with E-state index in [1.807, 2.05) is 13.8 Å². The molecule has 0 radical (unpaired) electrons. The molecule has 36 heavy (non-hydrogen) atoms. The zero-order valence-electron chi connectivity index (χ0n) is 21.2. The fraction of sp³-hybridized carbons (Fsp3) is 0.393. The third-order valence-electron chi connectivity index (χ3n) is 6.04. The van der Waals surface area contributed by atoms with Crippen molar-refractivity contribution >= 4 is 11.0 Å². The lowest BCUT2D eigenvalue weighted by molar-refractivity contribution is -0.119. The van der Waals surface area contributed by atoms with Gasteiger partial charge >= 0.3 is 0 Å². The van der Waals surface area contributed by atoms with Gasteiger partial charge in [0, 0.05) is 50.1 Å². The van der Waals surface area contributed by atoms with E-state index in [4.69, 9.17) is 23.4 Å². The number of hydrogen-bond donors (Lipinski definition) is 2. The van der Waals surface area contributed by atoms with Gasteiger partial charge in [-0.15, -0.1) is 0 Å². The Hall–Kier alpha value is -3.65. The number of benzene rings is 2. The highest BCUT2D eigenvalue weighted by molar-refractivity contribution is 5.88. The van der Waals surface area contributed by atoms with Crippen LogP contribution in [0.15, 0.2) is 51.6 Å². The number of rotatable bonds is 9. The van der Waals surface area contributed by atoms with Crippen molar-refractivity contribution in [3.05, 3.63) is 63.7 Å². The summed E-state index contributed by atoms with van der Waals surface area (Å²) in [5.74, 6) is 0.323. The monoisotopic (exact) mass is 496 g/mol. The van der Waals surface area contributed by atoms with E-state index in [-0.39, 0.29) is 46.2 Å². The maximum absolute atomic E-state index is 13.1. The molecule has 2 aromatic carbocycles. The van der Waals surface area contributed by atoms with Crippen LogP contribution in [0.25, 0.3) is 22.3 Å². The molecule has 0 bridgehead atoms. The first-order valence-corrected chi connectivity index (χ1v) is 12.0. The number of fused-ring (bicyclic) bond motifs is 1. The Kier molecular flexibility index (Phi) is 7.17. The lowest BCUT2D eigenvalue weighted by Gasteiger charge is -2.19. The SMILES string of the molecule is CCCc1c(OCC2=COC(C)(C)O2)cc2oc(-c3ccc(C(C)COC)c(O)c3)cc(=O)c2c1O. The Morgan fingerprint density at radius 1 is 1.14 bits per heavy atom. The second-order valence-electron chi connectivity index (χ2n) is 9.42. The van der Waals surface area contributed by atoms with Crippen molar-refractivity contribution in [3.8, 4) is 28.6 Å². The summed E-state index contributed by atoms with van der Waals surface area (Å²) in [5.41, 5.74) is 1.58. The minimum absolute atomic E-state index is 0.00348. The van der Waals surface area contributed by atoms with Gasteiger partial charge < -0.3 is 33.6 Å². The molecular weight excluding hydrogens is 464 g/mol. The first-order chi connectivity index (χ1) is 17.1. The molecule has 0 fully saturated rings. The zero-order chi connectivity index (χ0) is 26.0. The molecule has 4 rings (SSSR count). The Morgan fingerprint density at radius 3 is 2.56 bits per heavy atom. The lowest BCUT2D eigenvalue weighted by Crippen LogP contribution is -2.21. The smallest absolute Gasteiger partial charge is 0.244 e. The molecule has 2 N–H and O–H groups in total. The topological polar surface area (TPSA) is 108 Å². The number of phenolic OH excluding ortho intramolecular Hbond substituents is 2. The normalized spacial score (nSPS) is 15.3. The molecule has 1 unspecified atom stereocenters. The summed E-state index contributed by atoms with van der Waals surface area (Å²) in [7, 11) is 1.61. The third-order valence-corrected chi connectivity index (χ3v) is 6.04. The highest BCUT2D eigenvalue weighted by atomic mass is 16.7. The van der Waals surface area contributed by atoms with Crippen LogP contribution in [0, 0.1) is 0 Å². The van der Waals surface area contributed by atoms with Crippen molar-refractivity contribution in [2.45, 2.75) is 52.2 Å². The summed E-state index contributed by atoms with van der Waals surface area (Å²) in [5, 5.41) is 21.7. The fourth-order valence-electron chi connectivity index (χ4n) is 4.32. The molecule has 1 aromatic heterocycles. The molecule has 0 spiro atoms. The van der Waals surface area contributed by atoms with Gasteiger partial charge in [0.05, 0.1) is 6.61 Å². The van der Waals surface area contributed by atoms with E-state index in [0.717, 1.165) is 12.0 Å². The summed E-state index contributed by atoms with van der Waals surface area (Å²) in [6.07, 6.45) is 2.75. The van der Waals surface area contributed by atoms with Crippen molar-refractivity contribution in [1.29, 1.82) is 0 Å². The van der Waals surface area contributed by atoms with Crippen LogP contribution >= 0.6 is 0 Å². The second-order valence-corrected chi connectivity index (χ2v) is 9.42. The van der Waals surface area contributed by atoms with Crippen LogP contribution in [-0.4, -0.2) is 36.3 Å². The molecule has 0 saturated heterocycles. The first-order valence-electron chi connectivity index (χ1n) is 12.0. The van der Waals surface area contributed by atoms with Gasteiger partial charge in [-0.05, 0) is 18.1 Å². The van der Waals surface area contributed by atoms with Gasteiger partial charge in [-0.3, -0.25) is 4.79 Å². The molecule has 0 aliphatic carbocycles. The number of hydrogen-bond acceptors (Lipinski definition) is 8. The van der Waals surface area contributed by atoms with Crippen LogP contribution < -0.4 is 10.2 Å². The highest BCUT2D eigenvalue weighted by Crippen LogP contribution is 2.38. The van der Waals surface area contributed by atoms with Crippen molar-refractivity contribution in [2.24, 2.45) is 0 Å². The zero-order valence-corrected chi connectivity index (χ0v) is 21.2. The van der Waals surface area contributed by atoms with Gasteiger partial charge in [-0.2, -0.15) is 0 Å².